The molecular weight excluding hydrogens is 785 g/mol. The summed E-state index contributed by atoms with van der Waals surface area (Å²) in [6.07, 6.45) is 0. The summed E-state index contributed by atoms with van der Waals surface area (Å²) in [7, 11) is 0. The Balaban J connectivity index is 0.941. The first kappa shape index (κ1) is 34.6. The Morgan fingerprint density at radius 3 is 1.75 bits per heavy atom. The van der Waals surface area contributed by atoms with Crippen LogP contribution in [0.4, 0.5) is 0 Å². The van der Waals surface area contributed by atoms with E-state index in [1.54, 1.807) is 0 Å². The zero-order valence-corrected chi connectivity index (χ0v) is 34.6. The number of benzene rings is 10. The highest BCUT2D eigenvalue weighted by atomic mass is 32.1. The van der Waals surface area contributed by atoms with Gasteiger partial charge in [0.05, 0.1) is 39.0 Å². The van der Waals surface area contributed by atoms with Crippen LogP contribution in [0, 0.1) is 0 Å². The predicted octanol–water partition coefficient (Wildman–Crippen LogP) is 15.8. The Hall–Kier alpha value is -8.12. The molecule has 0 aliphatic rings. The second-order valence-corrected chi connectivity index (χ2v) is 17.6. The third kappa shape index (κ3) is 5.15. The molecule has 14 rings (SSSR count). The van der Waals surface area contributed by atoms with Crippen LogP contribution in [0.5, 0.6) is 0 Å². The van der Waals surface area contributed by atoms with Crippen molar-refractivity contribution in [3.63, 3.8) is 0 Å². The zero-order valence-electron chi connectivity index (χ0n) is 33.8. The van der Waals surface area contributed by atoms with E-state index in [-0.39, 0.29) is 0 Å². The van der Waals surface area contributed by atoms with Gasteiger partial charge in [-0.3, -0.25) is 0 Å². The SMILES string of the molecule is c1ccc2cc3c(cc2c1)c1ccccc1n3-c1cccc2cc3c4ccccc4n(-c4ccc(-c5nc(-c6ccc7sc8ccccc8c7c6)c6ccccc6n5)cc4)c3cc12. The average molecular weight is 819 g/mol. The zero-order chi connectivity index (χ0) is 41.2. The van der Waals surface area contributed by atoms with Crippen molar-refractivity contribution >= 4 is 108 Å². The minimum absolute atomic E-state index is 0.710. The lowest BCUT2D eigenvalue weighted by Gasteiger charge is -2.14. The molecule has 0 saturated carbocycles. The van der Waals surface area contributed by atoms with Gasteiger partial charge in [0.1, 0.15) is 0 Å². The van der Waals surface area contributed by atoms with Gasteiger partial charge >= 0.3 is 0 Å². The third-order valence-corrected chi connectivity index (χ3v) is 14.2. The van der Waals surface area contributed by atoms with Crippen LogP contribution in [-0.4, -0.2) is 19.1 Å². The first-order chi connectivity index (χ1) is 31.2. The maximum atomic E-state index is 5.32. The standard InChI is InChI=1S/C58H34N4S/c1-2-13-37-33-53-46(30-36(37)12-1)42-16-5-9-21-51(42)62(53)52-22-11-14-38-31-47-41-15-4-8-20-50(41)61(54(47)34-45(38)52)40-27-24-35(25-28-40)58-59-49-19-7-3-18-44(49)57(60-58)39-26-29-56-48(32-39)43-17-6-10-23-55(43)63-56/h1-34H. The summed E-state index contributed by atoms with van der Waals surface area (Å²) in [6, 6.07) is 75.0. The summed E-state index contributed by atoms with van der Waals surface area (Å²) >= 11 is 1.84. The fraction of sp³-hybridized carbons (Fsp3) is 0. The summed E-state index contributed by atoms with van der Waals surface area (Å²) in [5.74, 6) is 0.710. The molecule has 0 N–H and O–H groups in total. The van der Waals surface area contributed by atoms with Crippen molar-refractivity contribution in [3.05, 3.63) is 206 Å². The molecule has 0 bridgehead atoms. The smallest absolute Gasteiger partial charge is 0.160 e. The van der Waals surface area contributed by atoms with Crippen LogP contribution in [0.1, 0.15) is 0 Å². The van der Waals surface area contributed by atoms with Crippen LogP contribution in [-0.2, 0) is 0 Å². The highest BCUT2D eigenvalue weighted by Crippen LogP contribution is 2.41. The van der Waals surface area contributed by atoms with Crippen LogP contribution in [0.2, 0.25) is 0 Å². The molecule has 0 spiro atoms. The predicted molar refractivity (Wildman–Crippen MR) is 267 cm³/mol. The topological polar surface area (TPSA) is 35.6 Å². The van der Waals surface area contributed by atoms with Crippen molar-refractivity contribution < 1.29 is 0 Å². The molecule has 10 aromatic carbocycles. The molecule has 14 aromatic rings. The number of fused-ring (bicyclic) bond motifs is 12. The second-order valence-electron chi connectivity index (χ2n) is 16.6. The molecule has 0 fully saturated rings. The van der Waals surface area contributed by atoms with Crippen LogP contribution >= 0.6 is 11.3 Å². The molecule has 63 heavy (non-hydrogen) atoms. The fourth-order valence-corrected chi connectivity index (χ4v) is 11.3. The highest BCUT2D eigenvalue weighted by Gasteiger charge is 2.19. The minimum Gasteiger partial charge on any atom is -0.309 e. The van der Waals surface area contributed by atoms with Crippen molar-refractivity contribution in [2.24, 2.45) is 0 Å². The summed E-state index contributed by atoms with van der Waals surface area (Å²) in [5.41, 5.74) is 10.9. The van der Waals surface area contributed by atoms with Crippen LogP contribution in [0.3, 0.4) is 0 Å². The van der Waals surface area contributed by atoms with Gasteiger partial charge < -0.3 is 9.13 Å². The highest BCUT2D eigenvalue weighted by molar-refractivity contribution is 7.25. The van der Waals surface area contributed by atoms with E-state index >= 15 is 0 Å². The molecule has 0 saturated heterocycles. The van der Waals surface area contributed by atoms with Gasteiger partial charge in [-0.25, -0.2) is 9.97 Å². The molecule has 4 aromatic heterocycles. The van der Waals surface area contributed by atoms with Gasteiger partial charge in [0.15, 0.2) is 5.82 Å². The maximum absolute atomic E-state index is 5.32. The lowest BCUT2D eigenvalue weighted by Crippen LogP contribution is -1.98. The first-order valence-corrected chi connectivity index (χ1v) is 22.2. The van der Waals surface area contributed by atoms with Crippen molar-refractivity contribution in [1.82, 2.24) is 19.1 Å². The van der Waals surface area contributed by atoms with E-state index in [4.69, 9.17) is 9.97 Å². The summed E-state index contributed by atoms with van der Waals surface area (Å²) < 4.78 is 7.46. The van der Waals surface area contributed by atoms with Gasteiger partial charge in [-0.2, -0.15) is 0 Å². The van der Waals surface area contributed by atoms with Crippen LogP contribution in [0.25, 0.3) is 130 Å². The number of para-hydroxylation sites is 3. The van der Waals surface area contributed by atoms with Gasteiger partial charge in [0.25, 0.3) is 0 Å². The van der Waals surface area contributed by atoms with E-state index in [2.05, 4.69) is 215 Å². The number of nitrogens with zero attached hydrogens (tertiary/aromatic N) is 4. The molecule has 0 aliphatic carbocycles. The van der Waals surface area contributed by atoms with Crippen LogP contribution in [0.15, 0.2) is 206 Å². The van der Waals surface area contributed by atoms with Gasteiger partial charge in [-0.05, 0) is 107 Å². The molecule has 0 radical (unpaired) electrons. The first-order valence-electron chi connectivity index (χ1n) is 21.4. The molecule has 4 nitrogen and oxygen atoms in total. The minimum atomic E-state index is 0.710. The van der Waals surface area contributed by atoms with Crippen molar-refractivity contribution in [2.75, 3.05) is 0 Å². The largest absolute Gasteiger partial charge is 0.309 e. The molecule has 0 amide bonds. The Morgan fingerprint density at radius 2 is 0.937 bits per heavy atom. The number of hydrogen-bond acceptors (Lipinski definition) is 3. The molecule has 0 unspecified atom stereocenters. The third-order valence-electron chi connectivity index (χ3n) is 13.1. The average Bonchev–Trinajstić information content (AvgIpc) is 3.99. The lowest BCUT2D eigenvalue weighted by molar-refractivity contribution is 1.17. The second kappa shape index (κ2) is 13.2. The van der Waals surface area contributed by atoms with Gasteiger partial charge in [0.2, 0.25) is 0 Å². The van der Waals surface area contributed by atoms with E-state index in [9.17, 15) is 0 Å². The Kier molecular flexibility index (Phi) is 7.24. The fourth-order valence-electron chi connectivity index (χ4n) is 10.2. The van der Waals surface area contributed by atoms with E-state index in [1.165, 1.54) is 85.5 Å². The summed E-state index contributed by atoms with van der Waals surface area (Å²) in [5, 5.41) is 13.5. The Morgan fingerprint density at radius 1 is 0.333 bits per heavy atom. The molecular formula is C58H34N4S. The van der Waals surface area contributed by atoms with E-state index < -0.39 is 0 Å². The molecule has 4 heterocycles. The molecule has 0 aliphatic heterocycles. The number of rotatable bonds is 4. The van der Waals surface area contributed by atoms with E-state index in [0.717, 1.165) is 38.9 Å². The van der Waals surface area contributed by atoms with Gasteiger partial charge in [-0.1, -0.05) is 115 Å². The summed E-state index contributed by atoms with van der Waals surface area (Å²) in [6.45, 7) is 0. The number of thiophene rings is 1. The molecule has 5 heteroatoms. The normalized spacial score (nSPS) is 12.1. The Bertz CT molecular complexity index is 4210. The van der Waals surface area contributed by atoms with E-state index in [0.29, 0.717) is 5.82 Å². The monoisotopic (exact) mass is 818 g/mol. The van der Waals surface area contributed by atoms with Gasteiger partial charge in [-0.15, -0.1) is 11.3 Å². The summed E-state index contributed by atoms with van der Waals surface area (Å²) in [4.78, 5) is 10.5. The quantitative estimate of drug-likeness (QED) is 0.177. The van der Waals surface area contributed by atoms with Gasteiger partial charge in [0, 0.05) is 69.3 Å². The van der Waals surface area contributed by atoms with E-state index in [1.807, 2.05) is 11.3 Å². The van der Waals surface area contributed by atoms with Crippen molar-refractivity contribution in [1.29, 1.82) is 0 Å². The lowest BCUT2D eigenvalue weighted by atomic mass is 10.0. The number of hydrogen-bond donors (Lipinski definition) is 0. The van der Waals surface area contributed by atoms with Crippen molar-refractivity contribution in [2.45, 2.75) is 0 Å². The molecule has 292 valence electrons. The Labute approximate surface area is 365 Å². The number of aromatic nitrogens is 4. The maximum Gasteiger partial charge on any atom is 0.160 e. The van der Waals surface area contributed by atoms with Crippen LogP contribution < -0.4 is 0 Å². The molecule has 0 atom stereocenters. The van der Waals surface area contributed by atoms with Crippen molar-refractivity contribution in [3.8, 4) is 34.0 Å².